The largest absolute Gasteiger partial charge is 0.384 e. The zero-order valence-electron chi connectivity index (χ0n) is 9.95. The summed E-state index contributed by atoms with van der Waals surface area (Å²) < 4.78 is 0. The van der Waals surface area contributed by atoms with Gasteiger partial charge in [0, 0.05) is 0 Å². The van der Waals surface area contributed by atoms with Gasteiger partial charge in [0.1, 0.15) is 6.10 Å². The number of rotatable bonds is 2. The van der Waals surface area contributed by atoms with Gasteiger partial charge in [-0.3, -0.25) is 0 Å². The minimum Gasteiger partial charge on any atom is -0.384 e. The van der Waals surface area contributed by atoms with Gasteiger partial charge < -0.3 is 5.11 Å². The van der Waals surface area contributed by atoms with Crippen molar-refractivity contribution in [3.63, 3.8) is 0 Å². The highest BCUT2D eigenvalue weighted by Crippen LogP contribution is 2.28. The number of aliphatic hydroxyl groups excluding tert-OH is 1. The smallest absolute Gasteiger partial charge is 0.105 e. The Bertz CT molecular complexity index is 653. The van der Waals surface area contributed by atoms with Gasteiger partial charge >= 0.3 is 0 Å². The SMILES string of the molecule is O[C@H](c1ccccc1)c1cccc2ccccc12. The lowest BCUT2D eigenvalue weighted by Gasteiger charge is -2.14. The molecule has 0 fully saturated rings. The molecule has 3 rings (SSSR count). The van der Waals surface area contributed by atoms with Crippen LogP contribution in [0, 0.1) is 0 Å². The van der Waals surface area contributed by atoms with Gasteiger partial charge in [-0.1, -0.05) is 72.8 Å². The maximum atomic E-state index is 10.5. The van der Waals surface area contributed by atoms with Crippen LogP contribution >= 0.6 is 0 Å². The highest BCUT2D eigenvalue weighted by molar-refractivity contribution is 5.86. The van der Waals surface area contributed by atoms with Gasteiger partial charge in [-0.25, -0.2) is 0 Å². The highest BCUT2D eigenvalue weighted by Gasteiger charge is 2.12. The average Bonchev–Trinajstić information content (AvgIpc) is 2.47. The molecule has 88 valence electrons. The molecule has 0 aliphatic carbocycles. The molecule has 0 radical (unpaired) electrons. The van der Waals surface area contributed by atoms with E-state index in [9.17, 15) is 5.11 Å². The molecule has 0 spiro atoms. The molecule has 0 saturated carbocycles. The van der Waals surface area contributed by atoms with E-state index in [-0.39, 0.29) is 0 Å². The molecule has 0 heterocycles. The quantitative estimate of drug-likeness (QED) is 0.712. The number of hydrogen-bond donors (Lipinski definition) is 1. The normalized spacial score (nSPS) is 12.5. The third-order valence-electron chi connectivity index (χ3n) is 3.23. The van der Waals surface area contributed by atoms with Crippen LogP contribution in [0.25, 0.3) is 10.8 Å². The van der Waals surface area contributed by atoms with Crippen LogP contribution in [0.4, 0.5) is 0 Å². The number of hydrogen-bond acceptors (Lipinski definition) is 1. The summed E-state index contributed by atoms with van der Waals surface area (Å²) in [7, 11) is 0. The Morgan fingerprint density at radius 3 is 2.17 bits per heavy atom. The summed E-state index contributed by atoms with van der Waals surface area (Å²) in [6.07, 6.45) is -0.572. The fraction of sp³-hybridized carbons (Fsp3) is 0.0588. The summed E-state index contributed by atoms with van der Waals surface area (Å²) in [4.78, 5) is 0. The van der Waals surface area contributed by atoms with E-state index in [2.05, 4.69) is 18.2 Å². The highest BCUT2D eigenvalue weighted by atomic mass is 16.3. The minimum atomic E-state index is -0.572. The molecule has 3 aromatic rings. The first-order chi connectivity index (χ1) is 8.86. The Labute approximate surface area is 106 Å². The Morgan fingerprint density at radius 2 is 1.33 bits per heavy atom. The van der Waals surface area contributed by atoms with Crippen LogP contribution in [-0.2, 0) is 0 Å². The van der Waals surface area contributed by atoms with Crippen LogP contribution in [0.15, 0.2) is 72.8 Å². The van der Waals surface area contributed by atoms with E-state index in [1.54, 1.807) is 0 Å². The first-order valence-corrected chi connectivity index (χ1v) is 6.07. The lowest BCUT2D eigenvalue weighted by molar-refractivity contribution is 0.222. The molecule has 0 aliphatic heterocycles. The standard InChI is InChI=1S/C17H14O/c18-17(14-8-2-1-3-9-14)16-12-6-10-13-7-4-5-11-15(13)16/h1-12,17-18H/t17-/m1/s1. The number of benzene rings is 3. The zero-order valence-corrected chi connectivity index (χ0v) is 9.95. The van der Waals surface area contributed by atoms with Crippen molar-refractivity contribution in [2.24, 2.45) is 0 Å². The Hall–Kier alpha value is -2.12. The lowest BCUT2D eigenvalue weighted by Crippen LogP contribution is -1.99. The molecule has 0 amide bonds. The second kappa shape index (κ2) is 4.63. The predicted octanol–water partition coefficient (Wildman–Crippen LogP) is 3.92. The van der Waals surface area contributed by atoms with E-state index in [0.29, 0.717) is 0 Å². The molecule has 0 saturated heterocycles. The van der Waals surface area contributed by atoms with E-state index in [4.69, 9.17) is 0 Å². The molecule has 18 heavy (non-hydrogen) atoms. The summed E-state index contributed by atoms with van der Waals surface area (Å²) in [6.45, 7) is 0. The molecular formula is C17H14O. The summed E-state index contributed by atoms with van der Waals surface area (Å²) in [5.74, 6) is 0. The van der Waals surface area contributed by atoms with Crippen LogP contribution in [0.5, 0.6) is 0 Å². The second-order valence-electron chi connectivity index (χ2n) is 4.38. The topological polar surface area (TPSA) is 20.2 Å². The van der Waals surface area contributed by atoms with Gasteiger partial charge in [0.15, 0.2) is 0 Å². The molecule has 0 aliphatic rings. The second-order valence-corrected chi connectivity index (χ2v) is 4.38. The van der Waals surface area contributed by atoms with Crippen molar-refractivity contribution >= 4 is 10.8 Å². The van der Waals surface area contributed by atoms with E-state index in [1.165, 1.54) is 0 Å². The monoisotopic (exact) mass is 234 g/mol. The van der Waals surface area contributed by atoms with Gasteiger partial charge in [0.05, 0.1) is 0 Å². The average molecular weight is 234 g/mol. The fourth-order valence-corrected chi connectivity index (χ4v) is 2.30. The summed E-state index contributed by atoms with van der Waals surface area (Å²) in [5, 5.41) is 12.8. The molecule has 1 nitrogen and oxygen atoms in total. The van der Waals surface area contributed by atoms with Gasteiger partial charge in [-0.2, -0.15) is 0 Å². The molecule has 1 atom stereocenters. The van der Waals surface area contributed by atoms with Crippen LogP contribution < -0.4 is 0 Å². The van der Waals surface area contributed by atoms with Crippen molar-refractivity contribution in [3.8, 4) is 0 Å². The molecule has 3 aromatic carbocycles. The first kappa shape index (κ1) is 11.0. The summed E-state index contributed by atoms with van der Waals surface area (Å²) in [5.41, 5.74) is 1.88. The van der Waals surface area contributed by atoms with Crippen molar-refractivity contribution in [1.29, 1.82) is 0 Å². The molecular weight excluding hydrogens is 220 g/mol. The maximum Gasteiger partial charge on any atom is 0.105 e. The van der Waals surface area contributed by atoms with Gasteiger partial charge in [-0.15, -0.1) is 0 Å². The molecule has 0 bridgehead atoms. The molecule has 0 aromatic heterocycles. The third-order valence-corrected chi connectivity index (χ3v) is 3.23. The lowest BCUT2D eigenvalue weighted by atomic mass is 9.96. The van der Waals surface area contributed by atoms with Crippen molar-refractivity contribution in [2.75, 3.05) is 0 Å². The van der Waals surface area contributed by atoms with Crippen molar-refractivity contribution in [2.45, 2.75) is 6.10 Å². The van der Waals surface area contributed by atoms with Crippen LogP contribution in [0.3, 0.4) is 0 Å². The molecule has 1 N–H and O–H groups in total. The summed E-state index contributed by atoms with van der Waals surface area (Å²) in [6, 6.07) is 23.9. The maximum absolute atomic E-state index is 10.5. The van der Waals surface area contributed by atoms with Crippen LogP contribution in [-0.4, -0.2) is 5.11 Å². The fourth-order valence-electron chi connectivity index (χ4n) is 2.30. The Kier molecular flexibility index (Phi) is 2.83. The predicted molar refractivity (Wildman–Crippen MR) is 74.5 cm³/mol. The Morgan fingerprint density at radius 1 is 0.667 bits per heavy atom. The third kappa shape index (κ3) is 1.89. The Balaban J connectivity index is 2.15. The van der Waals surface area contributed by atoms with E-state index in [0.717, 1.165) is 21.9 Å². The van der Waals surface area contributed by atoms with Crippen molar-refractivity contribution < 1.29 is 5.11 Å². The zero-order chi connectivity index (χ0) is 12.4. The first-order valence-electron chi connectivity index (χ1n) is 6.07. The van der Waals surface area contributed by atoms with E-state index < -0.39 is 6.10 Å². The number of aliphatic hydroxyl groups is 1. The molecule has 0 unspecified atom stereocenters. The molecule has 1 heteroatoms. The summed E-state index contributed by atoms with van der Waals surface area (Å²) >= 11 is 0. The van der Waals surface area contributed by atoms with Crippen molar-refractivity contribution in [3.05, 3.63) is 83.9 Å². The van der Waals surface area contributed by atoms with Crippen LogP contribution in [0.1, 0.15) is 17.2 Å². The van der Waals surface area contributed by atoms with Gasteiger partial charge in [0.2, 0.25) is 0 Å². The number of fused-ring (bicyclic) bond motifs is 1. The minimum absolute atomic E-state index is 0.572. The van der Waals surface area contributed by atoms with E-state index >= 15 is 0 Å². The van der Waals surface area contributed by atoms with Crippen molar-refractivity contribution in [1.82, 2.24) is 0 Å². The van der Waals surface area contributed by atoms with E-state index in [1.807, 2.05) is 54.6 Å². The van der Waals surface area contributed by atoms with Gasteiger partial charge in [0.25, 0.3) is 0 Å². The van der Waals surface area contributed by atoms with Crippen LogP contribution in [0.2, 0.25) is 0 Å². The van der Waals surface area contributed by atoms with Gasteiger partial charge in [-0.05, 0) is 21.9 Å².